The van der Waals surface area contributed by atoms with Crippen LogP contribution in [0, 0.1) is 0 Å². The highest BCUT2D eigenvalue weighted by molar-refractivity contribution is 9.10. The van der Waals surface area contributed by atoms with E-state index in [1.807, 2.05) is 0 Å². The molecule has 0 aliphatic carbocycles. The molecule has 1 aromatic carbocycles. The fourth-order valence-corrected chi connectivity index (χ4v) is 2.85. The van der Waals surface area contributed by atoms with Gasteiger partial charge in [0.2, 0.25) is 0 Å². The molecule has 1 unspecified atom stereocenters. The van der Waals surface area contributed by atoms with E-state index in [9.17, 15) is 4.79 Å². The molecule has 98 valence electrons. The van der Waals surface area contributed by atoms with E-state index in [1.165, 1.54) is 0 Å². The van der Waals surface area contributed by atoms with Gasteiger partial charge in [0.15, 0.2) is 5.78 Å². The number of nitrogens with one attached hydrogen (secondary N) is 1. The zero-order valence-electron chi connectivity index (χ0n) is 10.5. The van der Waals surface area contributed by atoms with Crippen LogP contribution in [0.25, 0.3) is 0 Å². The molecular weight excluding hydrogens is 298 g/mol. The summed E-state index contributed by atoms with van der Waals surface area (Å²) in [6, 6.07) is 3.43. The van der Waals surface area contributed by atoms with E-state index in [0.29, 0.717) is 21.5 Å². The van der Waals surface area contributed by atoms with Crippen molar-refractivity contribution in [3.63, 3.8) is 0 Å². The van der Waals surface area contributed by atoms with Crippen molar-refractivity contribution >= 4 is 21.7 Å². The van der Waals surface area contributed by atoms with Gasteiger partial charge >= 0.3 is 0 Å². The SMILES string of the molecule is COc1ccc(C(=O)C2CCCN2)c(OC)c1Br. The van der Waals surface area contributed by atoms with Crippen molar-refractivity contribution in [2.45, 2.75) is 18.9 Å². The number of hydrogen-bond donors (Lipinski definition) is 1. The van der Waals surface area contributed by atoms with E-state index in [-0.39, 0.29) is 11.8 Å². The van der Waals surface area contributed by atoms with Crippen LogP contribution in [-0.2, 0) is 0 Å². The van der Waals surface area contributed by atoms with Gasteiger partial charge in [0, 0.05) is 0 Å². The van der Waals surface area contributed by atoms with E-state index in [4.69, 9.17) is 9.47 Å². The summed E-state index contributed by atoms with van der Waals surface area (Å²) in [5.41, 5.74) is 0.588. The summed E-state index contributed by atoms with van der Waals surface area (Å²) < 4.78 is 11.2. The number of carbonyl (C=O) groups excluding carboxylic acids is 1. The van der Waals surface area contributed by atoms with E-state index in [1.54, 1.807) is 26.4 Å². The largest absolute Gasteiger partial charge is 0.495 e. The van der Waals surface area contributed by atoms with Crippen molar-refractivity contribution in [2.75, 3.05) is 20.8 Å². The average molecular weight is 314 g/mol. The van der Waals surface area contributed by atoms with Crippen molar-refractivity contribution in [3.05, 3.63) is 22.2 Å². The molecule has 1 aliphatic heterocycles. The fraction of sp³-hybridized carbons (Fsp3) is 0.462. The first-order valence-corrected chi connectivity index (χ1v) is 6.66. The third kappa shape index (κ3) is 2.37. The number of ether oxygens (including phenoxy) is 2. The Morgan fingerprint density at radius 3 is 2.72 bits per heavy atom. The molecule has 0 radical (unpaired) electrons. The molecule has 1 saturated heterocycles. The standard InChI is InChI=1S/C13H16BrNO3/c1-17-10-6-5-8(13(18-2)11(10)14)12(16)9-4-3-7-15-9/h5-6,9,15H,3-4,7H2,1-2H3. The number of carbonyl (C=O) groups is 1. The monoisotopic (exact) mass is 313 g/mol. The van der Waals surface area contributed by atoms with Gasteiger partial charge in [-0.3, -0.25) is 4.79 Å². The first-order valence-electron chi connectivity index (χ1n) is 5.87. The molecule has 1 aromatic rings. The second-order valence-corrected chi connectivity index (χ2v) is 4.97. The molecule has 1 heterocycles. The number of halogens is 1. The molecule has 0 spiro atoms. The zero-order valence-corrected chi connectivity index (χ0v) is 12.0. The summed E-state index contributed by atoms with van der Waals surface area (Å²) >= 11 is 3.41. The maximum atomic E-state index is 12.4. The van der Waals surface area contributed by atoms with Crippen LogP contribution in [0.1, 0.15) is 23.2 Å². The fourth-order valence-electron chi connectivity index (χ4n) is 2.19. The lowest BCUT2D eigenvalue weighted by molar-refractivity contribution is 0.0949. The number of Topliss-reactive ketones (excluding diaryl/α,β-unsaturated/α-hetero) is 1. The predicted octanol–water partition coefficient (Wildman–Crippen LogP) is 2.40. The van der Waals surface area contributed by atoms with Crippen LogP contribution in [0.15, 0.2) is 16.6 Å². The van der Waals surface area contributed by atoms with Crippen molar-refractivity contribution in [3.8, 4) is 11.5 Å². The number of rotatable bonds is 4. The van der Waals surface area contributed by atoms with Crippen LogP contribution in [-0.4, -0.2) is 32.6 Å². The zero-order chi connectivity index (χ0) is 13.1. The predicted molar refractivity (Wildman–Crippen MR) is 72.6 cm³/mol. The highest BCUT2D eigenvalue weighted by atomic mass is 79.9. The molecule has 1 aliphatic rings. The summed E-state index contributed by atoms with van der Waals surface area (Å²) in [5.74, 6) is 1.27. The Balaban J connectivity index is 2.37. The highest BCUT2D eigenvalue weighted by Crippen LogP contribution is 2.37. The van der Waals surface area contributed by atoms with E-state index in [2.05, 4.69) is 21.2 Å². The lowest BCUT2D eigenvalue weighted by Crippen LogP contribution is -2.31. The average Bonchev–Trinajstić information content (AvgIpc) is 2.91. The van der Waals surface area contributed by atoms with Crippen LogP contribution in [0.2, 0.25) is 0 Å². The quantitative estimate of drug-likeness (QED) is 0.867. The summed E-state index contributed by atoms with van der Waals surface area (Å²) in [7, 11) is 3.14. The lowest BCUT2D eigenvalue weighted by Gasteiger charge is -2.15. The van der Waals surface area contributed by atoms with Gasteiger partial charge in [0.25, 0.3) is 0 Å². The molecule has 4 nitrogen and oxygen atoms in total. The molecule has 18 heavy (non-hydrogen) atoms. The Labute approximate surface area is 115 Å². The number of ketones is 1. The molecular formula is C13H16BrNO3. The smallest absolute Gasteiger partial charge is 0.183 e. The van der Waals surface area contributed by atoms with Crippen LogP contribution in [0.5, 0.6) is 11.5 Å². The highest BCUT2D eigenvalue weighted by Gasteiger charge is 2.27. The van der Waals surface area contributed by atoms with E-state index >= 15 is 0 Å². The van der Waals surface area contributed by atoms with Crippen LogP contribution >= 0.6 is 15.9 Å². The summed E-state index contributed by atoms with van der Waals surface area (Å²) in [5, 5.41) is 3.20. The molecule has 5 heteroatoms. The van der Waals surface area contributed by atoms with Gasteiger partial charge in [0.1, 0.15) is 16.0 Å². The summed E-state index contributed by atoms with van der Waals surface area (Å²) in [4.78, 5) is 12.4. The maximum Gasteiger partial charge on any atom is 0.183 e. The molecule has 2 rings (SSSR count). The minimum Gasteiger partial charge on any atom is -0.495 e. The van der Waals surface area contributed by atoms with Gasteiger partial charge in [-0.25, -0.2) is 0 Å². The molecule has 0 saturated carbocycles. The third-order valence-corrected chi connectivity index (χ3v) is 3.88. The Morgan fingerprint density at radius 2 is 2.17 bits per heavy atom. The van der Waals surface area contributed by atoms with Gasteiger partial charge in [-0.2, -0.15) is 0 Å². The van der Waals surface area contributed by atoms with Crippen molar-refractivity contribution in [1.82, 2.24) is 5.32 Å². The van der Waals surface area contributed by atoms with Crippen LogP contribution < -0.4 is 14.8 Å². The molecule has 1 N–H and O–H groups in total. The normalized spacial score (nSPS) is 18.7. The Morgan fingerprint density at radius 1 is 1.39 bits per heavy atom. The number of benzene rings is 1. The van der Waals surface area contributed by atoms with Gasteiger partial charge < -0.3 is 14.8 Å². The number of hydrogen-bond acceptors (Lipinski definition) is 4. The minimum atomic E-state index is -0.0980. The van der Waals surface area contributed by atoms with Crippen molar-refractivity contribution in [1.29, 1.82) is 0 Å². The second kappa shape index (κ2) is 5.71. The topological polar surface area (TPSA) is 47.6 Å². The lowest BCUT2D eigenvalue weighted by atomic mass is 10.0. The molecule has 1 atom stereocenters. The Kier molecular flexibility index (Phi) is 4.24. The maximum absolute atomic E-state index is 12.4. The van der Waals surface area contributed by atoms with Gasteiger partial charge in [-0.05, 0) is 47.4 Å². The third-order valence-electron chi connectivity index (χ3n) is 3.13. The summed E-state index contributed by atoms with van der Waals surface area (Å²) in [6.45, 7) is 0.899. The Bertz CT molecular complexity index is 456. The van der Waals surface area contributed by atoms with Gasteiger partial charge in [-0.1, -0.05) is 0 Å². The Hall–Kier alpha value is -1.07. The molecule has 0 bridgehead atoms. The first-order chi connectivity index (χ1) is 8.69. The van der Waals surface area contributed by atoms with Crippen molar-refractivity contribution < 1.29 is 14.3 Å². The minimum absolute atomic E-state index is 0.0766. The summed E-state index contributed by atoms with van der Waals surface area (Å²) in [6.07, 6.45) is 1.92. The van der Waals surface area contributed by atoms with Gasteiger partial charge in [-0.15, -0.1) is 0 Å². The second-order valence-electron chi connectivity index (χ2n) is 4.18. The van der Waals surface area contributed by atoms with E-state index in [0.717, 1.165) is 19.4 Å². The molecule has 1 fully saturated rings. The van der Waals surface area contributed by atoms with Crippen LogP contribution in [0.4, 0.5) is 0 Å². The van der Waals surface area contributed by atoms with E-state index < -0.39 is 0 Å². The van der Waals surface area contributed by atoms with Crippen LogP contribution in [0.3, 0.4) is 0 Å². The molecule has 0 amide bonds. The molecule has 0 aromatic heterocycles. The number of methoxy groups -OCH3 is 2. The first kappa shape index (κ1) is 13.4. The van der Waals surface area contributed by atoms with Crippen molar-refractivity contribution in [2.24, 2.45) is 0 Å². The van der Waals surface area contributed by atoms with Gasteiger partial charge in [0.05, 0.1) is 25.8 Å².